The van der Waals surface area contributed by atoms with Crippen molar-refractivity contribution >= 4 is 71.2 Å². The van der Waals surface area contributed by atoms with Gasteiger partial charge in [0.05, 0.1) is 39.1 Å². The second-order valence-corrected chi connectivity index (χ2v) is 29.9. The number of aromatic nitrogens is 12. The maximum atomic E-state index is 12.2. The van der Waals surface area contributed by atoms with Gasteiger partial charge in [0, 0.05) is 52.0 Å². The topological polar surface area (TPSA) is 572 Å². The van der Waals surface area contributed by atoms with Crippen LogP contribution in [0.2, 0.25) is 0 Å². The van der Waals surface area contributed by atoms with E-state index in [1.165, 1.54) is 45.1 Å². The van der Waals surface area contributed by atoms with Crippen LogP contribution in [0.5, 0.6) is 0 Å². The van der Waals surface area contributed by atoms with E-state index in [1.807, 2.05) is 27.7 Å². The summed E-state index contributed by atoms with van der Waals surface area (Å²) in [7, 11) is -12.6. The van der Waals surface area contributed by atoms with Gasteiger partial charge in [-0.15, -0.1) is 0 Å². The number of nitrogen functional groups attached to an aromatic ring is 3. The fourth-order valence-electron chi connectivity index (χ4n) is 12.9. The molecule has 546 valence electrons. The molecule has 0 amide bonds. The fraction of sp³-hybridized carbons (Fsp3) is 0.654. The van der Waals surface area contributed by atoms with Crippen molar-refractivity contribution < 1.29 is 112 Å². The monoisotopic (exact) mass is 1480 g/mol. The van der Waals surface area contributed by atoms with Gasteiger partial charge < -0.3 is 74.7 Å². The lowest BCUT2D eigenvalue weighted by atomic mass is 9.96. The minimum Gasteiger partial charge on any atom is -0.383 e. The highest BCUT2D eigenvalue weighted by molar-refractivity contribution is 7.48. The number of nitrogens with zero attached hydrogens (tertiary/aromatic N) is 10. The van der Waals surface area contributed by atoms with Gasteiger partial charge in [-0.3, -0.25) is 74.0 Å². The van der Waals surface area contributed by atoms with Crippen molar-refractivity contribution in [3.8, 4) is 0 Å². The van der Waals surface area contributed by atoms with Crippen molar-refractivity contribution in [2.75, 3.05) is 72.1 Å². The van der Waals surface area contributed by atoms with Crippen LogP contribution < -0.4 is 39.7 Å². The molecule has 8 aliphatic rings. The average Bonchev–Trinajstić information content (AvgIpc) is 1.59. The maximum Gasteiger partial charge on any atom is 0.472 e. The highest BCUT2D eigenvalue weighted by atomic mass is 31.2. The molecule has 6 aromatic heterocycles. The predicted molar refractivity (Wildman–Crippen MR) is 334 cm³/mol. The van der Waals surface area contributed by atoms with E-state index in [0.717, 1.165) is 28.4 Å². The van der Waals surface area contributed by atoms with Gasteiger partial charge in [-0.1, -0.05) is 27.7 Å². The Morgan fingerprint density at radius 3 is 1.27 bits per heavy atom. The molecule has 8 unspecified atom stereocenters. The molecule has 0 aromatic carbocycles. The number of rotatable bonds is 20. The highest BCUT2D eigenvalue weighted by Crippen LogP contribution is 2.59. The van der Waals surface area contributed by atoms with Crippen molar-refractivity contribution in [1.82, 2.24) is 58.1 Å². The number of nitrogens with one attached hydrogen (secondary N) is 2. The van der Waals surface area contributed by atoms with Crippen LogP contribution in [-0.2, 0) is 92.3 Å². The van der Waals surface area contributed by atoms with Crippen LogP contribution in [0.15, 0.2) is 50.6 Å². The van der Waals surface area contributed by atoms with E-state index in [1.54, 1.807) is 18.4 Å². The molecule has 8 bridgehead atoms. The minimum absolute atomic E-state index is 0.0643. The molecule has 0 radical (unpaired) electrons. The van der Waals surface area contributed by atoms with Crippen LogP contribution in [-0.4, -0.2) is 204 Å². The molecule has 0 saturated carbocycles. The SMILES string of the molecule is CC[C@]12CO[C@@H](C1OP(=O)(O)OC)[C@H](n1cc(C)c(=O)[nH]c1=O)O2.CC[C@]12CO[C@@H](C1OP(=O)(O)OC)[C@H](n1cc(C)c(N)nc1=O)O2.CC[C@]12CO[C@@H](C1OP(=O)(O)OC)[C@H](n1cnc3c(=O)[nH]c(N)nc31)O2.CC[C@]12CO[C@@H](C1OP(=O)(O)OC)[C@H](n1cnc3c(N)ncnc31)O2. The lowest BCUT2D eigenvalue weighted by Gasteiger charge is -2.30. The van der Waals surface area contributed by atoms with Crippen LogP contribution in [0.25, 0.3) is 22.3 Å². The van der Waals surface area contributed by atoms with Crippen LogP contribution in [0.1, 0.15) is 89.4 Å². The van der Waals surface area contributed by atoms with E-state index in [-0.39, 0.29) is 55.2 Å². The lowest BCUT2D eigenvalue weighted by Crippen LogP contribution is -2.42. The Morgan fingerprint density at radius 2 is 0.869 bits per heavy atom. The lowest BCUT2D eigenvalue weighted by molar-refractivity contribution is -0.175. The molecule has 99 heavy (non-hydrogen) atoms. The quantitative estimate of drug-likeness (QED) is 0.0480. The first-order valence-electron chi connectivity index (χ1n) is 30.4. The first-order valence-corrected chi connectivity index (χ1v) is 36.4. The summed E-state index contributed by atoms with van der Waals surface area (Å²) in [6.07, 6.45) is -0.305. The zero-order valence-electron chi connectivity index (χ0n) is 54.6. The number of aryl methyl sites for hydroxylation is 2. The van der Waals surface area contributed by atoms with Crippen molar-refractivity contribution in [2.45, 2.75) is 163 Å². The largest absolute Gasteiger partial charge is 0.472 e. The summed E-state index contributed by atoms with van der Waals surface area (Å²) in [6, 6.07) is 0. The van der Waals surface area contributed by atoms with Gasteiger partial charge in [0.1, 0.15) is 88.9 Å². The van der Waals surface area contributed by atoms with Gasteiger partial charge in [-0.2, -0.15) is 9.97 Å². The van der Waals surface area contributed by atoms with Crippen molar-refractivity contribution in [3.63, 3.8) is 0 Å². The van der Waals surface area contributed by atoms with Gasteiger partial charge in [0.25, 0.3) is 11.1 Å². The van der Waals surface area contributed by atoms with Crippen LogP contribution in [0, 0.1) is 13.8 Å². The number of nitrogens with two attached hydrogens (primary N) is 3. The van der Waals surface area contributed by atoms with Crippen LogP contribution in [0.3, 0.4) is 0 Å². The summed E-state index contributed by atoms with van der Waals surface area (Å²) in [6.45, 7) is 11.5. The van der Waals surface area contributed by atoms with Crippen molar-refractivity contribution in [3.05, 3.63) is 84.2 Å². The van der Waals surface area contributed by atoms with E-state index >= 15 is 0 Å². The molecule has 47 heteroatoms. The van der Waals surface area contributed by atoms with Gasteiger partial charge in [-0.25, -0.2) is 47.8 Å². The van der Waals surface area contributed by atoms with Crippen molar-refractivity contribution in [2.24, 2.45) is 0 Å². The third-order valence-corrected chi connectivity index (χ3v) is 22.3. The van der Waals surface area contributed by atoms with E-state index in [4.69, 9.17) is 73.2 Å². The summed E-state index contributed by atoms with van der Waals surface area (Å²) in [4.78, 5) is 115. The Morgan fingerprint density at radius 1 is 0.495 bits per heavy atom. The van der Waals surface area contributed by atoms with Crippen LogP contribution in [0.4, 0.5) is 17.6 Å². The number of H-pyrrole nitrogens is 2. The van der Waals surface area contributed by atoms with Gasteiger partial charge in [0.2, 0.25) is 5.95 Å². The third kappa shape index (κ3) is 13.6. The second-order valence-electron chi connectivity index (χ2n) is 23.9. The third-order valence-electron chi connectivity index (χ3n) is 18.5. The van der Waals surface area contributed by atoms with Gasteiger partial charge >= 0.3 is 42.7 Å². The zero-order valence-corrected chi connectivity index (χ0v) is 58.1. The van der Waals surface area contributed by atoms with E-state index in [2.05, 4.69) is 58.0 Å². The van der Waals surface area contributed by atoms with Gasteiger partial charge in [-0.05, 0) is 39.5 Å². The summed E-state index contributed by atoms with van der Waals surface area (Å²) in [5.41, 5.74) is 13.3. The molecule has 8 aliphatic heterocycles. The highest BCUT2D eigenvalue weighted by Gasteiger charge is 2.68. The Labute approximate surface area is 559 Å². The number of hydrogen-bond donors (Lipinski definition) is 9. The van der Waals surface area contributed by atoms with E-state index < -0.39 is 150 Å². The number of imidazole rings is 2. The number of phosphoric ester groups is 4. The molecule has 43 nitrogen and oxygen atoms in total. The smallest absolute Gasteiger partial charge is 0.383 e. The Balaban J connectivity index is 0.000000133. The fourth-order valence-corrected chi connectivity index (χ4v) is 15.6. The molecule has 0 spiro atoms. The second kappa shape index (κ2) is 27.6. The molecule has 20 atom stereocenters. The summed E-state index contributed by atoms with van der Waals surface area (Å²) in [5.74, 6) is 0.327. The predicted octanol–water partition coefficient (Wildman–Crippen LogP) is 0.923. The zero-order chi connectivity index (χ0) is 71.9. The minimum atomic E-state index is -4.27. The van der Waals surface area contributed by atoms with E-state index in [9.17, 15) is 57.0 Å². The number of ether oxygens (including phenoxy) is 8. The number of anilines is 3. The number of aromatic amines is 2. The van der Waals surface area contributed by atoms with Crippen LogP contribution >= 0.6 is 31.3 Å². The molecule has 8 fully saturated rings. The summed E-state index contributed by atoms with van der Waals surface area (Å²) in [5, 5.41) is 0. The Kier molecular flexibility index (Phi) is 20.7. The molecule has 14 rings (SSSR count). The number of phosphoric acid groups is 4. The average molecular weight is 1480 g/mol. The van der Waals surface area contributed by atoms with Crippen molar-refractivity contribution in [1.29, 1.82) is 0 Å². The summed E-state index contributed by atoms with van der Waals surface area (Å²) >= 11 is 0. The standard InChI is InChI=1S/C13H18N5O7P.C13H18N5O6P.C13H20N3O7P.C13H19N2O8P/c1-3-13-4-23-7(8(13)25-26(20,21)22-2)11(24-13)18-5-15-6-9(18)16-12(14)17-10(6)19;1-3-13-4-22-8(9(13)24-25(19,20)21-2)12(23-13)18-6-17-7-10(14)15-5-16-11(7)18;1-4-13-6-21-8(9(13)23-24(18,19)20-3)11(22-13)16-5-7(2)10(14)15-12(16)17;1-4-13-6-21-8(9(13)23-24(18,19)20-3)11(22-13)15-5-7(2)10(16)14-12(15)17/h5,7-8,11H,3-4H2,1-2H3,(H,20,21)(H3,14,16,17,19);5-6,8-9,12H,3-4H2,1-2H3,(H,19,20)(H2,14,15,16);5,8-9,11H,4,6H2,1-3H3,(H,18,19)(H2,14,15,17);5,8-9,11H,4,6H2,1-3H3,(H,18,19)(H,14,16,17)/t7-,8?,11+,13-;8-,9?,12+,13-;2*8-,9?,11+,13-/m0000/s1. The molecular weight excluding hydrogens is 1410 g/mol. The molecular formula is C52H75N15O28P4. The molecule has 12 N–H and O–H groups in total. The summed E-state index contributed by atoms with van der Waals surface area (Å²) < 4.78 is 139. The molecule has 14 heterocycles. The van der Waals surface area contributed by atoms with E-state index in [0.29, 0.717) is 48.0 Å². The van der Waals surface area contributed by atoms with Gasteiger partial charge in [0.15, 0.2) is 47.5 Å². The molecule has 8 saturated heterocycles. The maximum absolute atomic E-state index is 12.2. The number of hydrogen-bond acceptors (Lipinski definition) is 33. The molecule has 0 aliphatic carbocycles. The first-order chi connectivity index (χ1) is 46.7. The Bertz CT molecular complexity index is 4480. The normalized spacial score (nSPS) is 33.9. The Hall–Kier alpha value is -6.02. The molecule has 6 aromatic rings. The number of fused-ring (bicyclic) bond motifs is 10. The first kappa shape index (κ1) is 74.2.